The fourth-order valence-corrected chi connectivity index (χ4v) is 2.40. The highest BCUT2D eigenvalue weighted by molar-refractivity contribution is 5.57. The molecule has 114 valence electrons. The van der Waals surface area contributed by atoms with Gasteiger partial charge in [-0.1, -0.05) is 20.3 Å². The molecule has 1 unspecified atom stereocenters. The van der Waals surface area contributed by atoms with Crippen LogP contribution in [0.15, 0.2) is 6.33 Å². The van der Waals surface area contributed by atoms with Gasteiger partial charge in [0.25, 0.3) is 0 Å². The summed E-state index contributed by atoms with van der Waals surface area (Å²) in [4.78, 5) is 8.66. The van der Waals surface area contributed by atoms with Crippen molar-refractivity contribution in [3.8, 4) is 0 Å². The molecular weight excluding hydrogens is 252 g/mol. The van der Waals surface area contributed by atoms with Gasteiger partial charge in [0.1, 0.15) is 18.0 Å². The van der Waals surface area contributed by atoms with E-state index in [-0.39, 0.29) is 6.61 Å². The first-order chi connectivity index (χ1) is 9.76. The molecular formula is C15H28N4O. The Kier molecular flexibility index (Phi) is 7.95. The third kappa shape index (κ3) is 4.96. The minimum atomic E-state index is 0.249. The molecule has 0 spiro atoms. The van der Waals surface area contributed by atoms with Gasteiger partial charge in [0.15, 0.2) is 0 Å². The van der Waals surface area contributed by atoms with Crippen LogP contribution < -0.4 is 10.6 Å². The van der Waals surface area contributed by atoms with E-state index in [1.807, 2.05) is 0 Å². The number of nitrogens with zero attached hydrogens (tertiary/aromatic N) is 2. The number of rotatable bonds is 10. The predicted octanol–water partition coefficient (Wildman–Crippen LogP) is 2.68. The molecule has 0 saturated heterocycles. The maximum atomic E-state index is 9.11. The molecule has 0 aliphatic rings. The molecule has 0 saturated carbocycles. The number of aliphatic hydroxyl groups is 1. The van der Waals surface area contributed by atoms with Gasteiger partial charge in [-0.25, -0.2) is 9.97 Å². The zero-order valence-electron chi connectivity index (χ0n) is 12.9. The van der Waals surface area contributed by atoms with Crippen LogP contribution in [0.5, 0.6) is 0 Å². The van der Waals surface area contributed by atoms with Crippen LogP contribution in [0.1, 0.15) is 45.6 Å². The van der Waals surface area contributed by atoms with Crippen LogP contribution in [-0.2, 0) is 6.42 Å². The van der Waals surface area contributed by atoms with Crippen molar-refractivity contribution in [2.45, 2.75) is 46.5 Å². The minimum absolute atomic E-state index is 0.249. The third-order valence-corrected chi connectivity index (χ3v) is 3.44. The standard InChI is InChI=1S/C15H28N4O/c1-4-7-12(8-9-20)10-17-15-13(5-2)14(16-6-3)18-11-19-15/h11-12,20H,4-10H2,1-3H3,(H2,16,17,18,19). The first-order valence-electron chi connectivity index (χ1n) is 7.69. The number of hydrogen-bond acceptors (Lipinski definition) is 5. The zero-order valence-corrected chi connectivity index (χ0v) is 12.9. The van der Waals surface area contributed by atoms with Crippen LogP contribution in [0.3, 0.4) is 0 Å². The molecule has 5 nitrogen and oxygen atoms in total. The maximum Gasteiger partial charge on any atom is 0.134 e. The van der Waals surface area contributed by atoms with Crippen molar-refractivity contribution in [2.75, 3.05) is 30.3 Å². The molecule has 1 aromatic heterocycles. The smallest absolute Gasteiger partial charge is 0.134 e. The molecule has 1 aromatic rings. The van der Waals surface area contributed by atoms with E-state index in [9.17, 15) is 0 Å². The quantitative estimate of drug-likeness (QED) is 0.615. The van der Waals surface area contributed by atoms with Gasteiger partial charge in [-0.15, -0.1) is 0 Å². The number of anilines is 2. The maximum absolute atomic E-state index is 9.11. The molecule has 0 amide bonds. The monoisotopic (exact) mass is 280 g/mol. The van der Waals surface area contributed by atoms with Crippen LogP contribution >= 0.6 is 0 Å². The van der Waals surface area contributed by atoms with Gasteiger partial charge in [-0.05, 0) is 32.1 Å². The Bertz CT molecular complexity index is 378. The van der Waals surface area contributed by atoms with Crippen molar-refractivity contribution in [2.24, 2.45) is 5.92 Å². The van der Waals surface area contributed by atoms with Crippen molar-refractivity contribution in [3.05, 3.63) is 11.9 Å². The van der Waals surface area contributed by atoms with E-state index in [0.717, 1.165) is 56.0 Å². The van der Waals surface area contributed by atoms with Crippen molar-refractivity contribution in [3.63, 3.8) is 0 Å². The van der Waals surface area contributed by atoms with Gasteiger partial charge >= 0.3 is 0 Å². The lowest BCUT2D eigenvalue weighted by atomic mass is 10.00. The fourth-order valence-electron chi connectivity index (χ4n) is 2.40. The van der Waals surface area contributed by atoms with Crippen molar-refractivity contribution in [1.82, 2.24) is 9.97 Å². The Balaban J connectivity index is 2.72. The van der Waals surface area contributed by atoms with Crippen LogP contribution in [0.25, 0.3) is 0 Å². The lowest BCUT2D eigenvalue weighted by Crippen LogP contribution is -2.18. The molecule has 1 rings (SSSR count). The van der Waals surface area contributed by atoms with Crippen LogP contribution in [0, 0.1) is 5.92 Å². The Morgan fingerprint density at radius 2 is 1.80 bits per heavy atom. The molecule has 0 radical (unpaired) electrons. The average Bonchev–Trinajstić information content (AvgIpc) is 2.45. The molecule has 0 fully saturated rings. The first kappa shape index (κ1) is 16.7. The summed E-state index contributed by atoms with van der Waals surface area (Å²) in [5, 5.41) is 15.8. The lowest BCUT2D eigenvalue weighted by molar-refractivity contribution is 0.255. The first-order valence-corrected chi connectivity index (χ1v) is 7.69. The summed E-state index contributed by atoms with van der Waals surface area (Å²) in [6.07, 6.45) is 5.59. The Labute approximate surface area is 122 Å². The number of aromatic nitrogens is 2. The summed E-state index contributed by atoms with van der Waals surface area (Å²) in [7, 11) is 0. The van der Waals surface area contributed by atoms with E-state index in [1.54, 1.807) is 6.33 Å². The van der Waals surface area contributed by atoms with Crippen LogP contribution in [0.4, 0.5) is 11.6 Å². The van der Waals surface area contributed by atoms with Gasteiger partial charge < -0.3 is 15.7 Å². The van der Waals surface area contributed by atoms with Crippen molar-refractivity contribution < 1.29 is 5.11 Å². The predicted molar refractivity (Wildman–Crippen MR) is 84.2 cm³/mol. The molecule has 1 atom stereocenters. The zero-order chi connectivity index (χ0) is 14.8. The van der Waals surface area contributed by atoms with E-state index in [4.69, 9.17) is 5.11 Å². The van der Waals surface area contributed by atoms with Crippen LogP contribution in [0.2, 0.25) is 0 Å². The Morgan fingerprint density at radius 1 is 1.10 bits per heavy atom. The van der Waals surface area contributed by atoms with E-state index < -0.39 is 0 Å². The summed E-state index contributed by atoms with van der Waals surface area (Å²) in [5.41, 5.74) is 1.13. The lowest BCUT2D eigenvalue weighted by Gasteiger charge is -2.18. The Morgan fingerprint density at radius 3 is 2.35 bits per heavy atom. The van der Waals surface area contributed by atoms with Crippen molar-refractivity contribution in [1.29, 1.82) is 0 Å². The summed E-state index contributed by atoms with van der Waals surface area (Å²) in [6, 6.07) is 0. The molecule has 0 aliphatic heterocycles. The Hall–Kier alpha value is -1.36. The van der Waals surface area contributed by atoms with Gasteiger partial charge in [-0.3, -0.25) is 0 Å². The second-order valence-corrected chi connectivity index (χ2v) is 4.98. The average molecular weight is 280 g/mol. The highest BCUT2D eigenvalue weighted by Crippen LogP contribution is 2.21. The van der Waals surface area contributed by atoms with Crippen LogP contribution in [-0.4, -0.2) is 34.8 Å². The normalized spacial score (nSPS) is 12.2. The second kappa shape index (κ2) is 9.53. The molecule has 3 N–H and O–H groups in total. The fraction of sp³-hybridized carbons (Fsp3) is 0.733. The molecule has 0 bridgehead atoms. The topological polar surface area (TPSA) is 70.1 Å². The van der Waals surface area contributed by atoms with Gasteiger partial charge in [0.05, 0.1) is 0 Å². The summed E-state index contributed by atoms with van der Waals surface area (Å²) in [6.45, 7) is 8.31. The highest BCUT2D eigenvalue weighted by Gasteiger charge is 2.12. The van der Waals surface area contributed by atoms with Crippen molar-refractivity contribution >= 4 is 11.6 Å². The summed E-state index contributed by atoms with van der Waals surface area (Å²) < 4.78 is 0. The molecule has 0 aliphatic carbocycles. The third-order valence-electron chi connectivity index (χ3n) is 3.44. The minimum Gasteiger partial charge on any atom is -0.396 e. The SMILES string of the molecule is CCCC(CCO)CNc1ncnc(NCC)c1CC. The number of aliphatic hydroxyl groups excluding tert-OH is 1. The number of nitrogens with one attached hydrogen (secondary N) is 2. The molecule has 5 heteroatoms. The number of hydrogen-bond donors (Lipinski definition) is 3. The van der Waals surface area contributed by atoms with E-state index in [0.29, 0.717) is 5.92 Å². The molecule has 0 aromatic carbocycles. The van der Waals surface area contributed by atoms with Gasteiger partial charge in [0.2, 0.25) is 0 Å². The summed E-state index contributed by atoms with van der Waals surface area (Å²) in [5.74, 6) is 2.33. The highest BCUT2D eigenvalue weighted by atomic mass is 16.3. The van der Waals surface area contributed by atoms with Gasteiger partial charge in [-0.2, -0.15) is 0 Å². The summed E-state index contributed by atoms with van der Waals surface area (Å²) >= 11 is 0. The van der Waals surface area contributed by atoms with E-state index >= 15 is 0 Å². The van der Waals surface area contributed by atoms with E-state index in [1.165, 1.54) is 0 Å². The second-order valence-electron chi connectivity index (χ2n) is 4.98. The largest absolute Gasteiger partial charge is 0.396 e. The van der Waals surface area contributed by atoms with E-state index in [2.05, 4.69) is 41.4 Å². The van der Waals surface area contributed by atoms with Gasteiger partial charge in [0, 0.05) is 25.3 Å². The molecule has 20 heavy (non-hydrogen) atoms. The molecule has 1 heterocycles.